The van der Waals surface area contributed by atoms with Crippen LogP contribution < -0.4 is 5.32 Å². The number of benzene rings is 2. The van der Waals surface area contributed by atoms with Gasteiger partial charge in [0.25, 0.3) is 0 Å². The van der Waals surface area contributed by atoms with Crippen LogP contribution in [-0.4, -0.2) is 22.0 Å². The van der Waals surface area contributed by atoms with E-state index in [0.29, 0.717) is 37.3 Å². The van der Waals surface area contributed by atoms with Gasteiger partial charge in [-0.25, -0.2) is 4.98 Å². The predicted octanol–water partition coefficient (Wildman–Crippen LogP) is 4.39. The van der Waals surface area contributed by atoms with E-state index in [1.807, 2.05) is 60.7 Å². The zero-order chi connectivity index (χ0) is 20.5. The van der Waals surface area contributed by atoms with Gasteiger partial charge in [-0.15, -0.1) is 0 Å². The molecule has 2 N–H and O–H groups in total. The SMILES string of the molecule is O=C(O)CCC(NC(=O)CCCc1ncc(-c2ccccc2)o1)c1ccccc1. The third-order valence-electron chi connectivity index (χ3n) is 4.59. The van der Waals surface area contributed by atoms with Gasteiger partial charge in [0.2, 0.25) is 5.91 Å². The number of carboxylic acid groups (broad SMARTS) is 1. The first kappa shape index (κ1) is 20.3. The Balaban J connectivity index is 1.50. The van der Waals surface area contributed by atoms with Crippen molar-refractivity contribution >= 4 is 11.9 Å². The van der Waals surface area contributed by atoms with Gasteiger partial charge in [0.05, 0.1) is 12.2 Å². The fraction of sp³-hybridized carbons (Fsp3) is 0.261. The lowest BCUT2D eigenvalue weighted by Gasteiger charge is -2.18. The second-order valence-electron chi connectivity index (χ2n) is 6.80. The summed E-state index contributed by atoms with van der Waals surface area (Å²) in [5, 5.41) is 11.9. The molecular formula is C23H24N2O4. The number of aliphatic carboxylic acids is 1. The van der Waals surface area contributed by atoms with Crippen LogP contribution in [0, 0.1) is 0 Å². The maximum absolute atomic E-state index is 12.4. The van der Waals surface area contributed by atoms with Crippen LogP contribution in [0.4, 0.5) is 0 Å². The first-order valence-electron chi connectivity index (χ1n) is 9.68. The molecule has 1 heterocycles. The Bertz CT molecular complexity index is 922. The summed E-state index contributed by atoms with van der Waals surface area (Å²) >= 11 is 0. The molecule has 2 aromatic carbocycles. The molecule has 1 aromatic heterocycles. The number of carbonyl (C=O) groups excluding carboxylic acids is 1. The van der Waals surface area contributed by atoms with Gasteiger partial charge in [-0.05, 0) is 18.4 Å². The van der Waals surface area contributed by atoms with Crippen molar-refractivity contribution in [2.24, 2.45) is 0 Å². The van der Waals surface area contributed by atoms with Gasteiger partial charge in [0, 0.05) is 24.8 Å². The number of oxazole rings is 1. The number of carboxylic acids is 1. The molecule has 3 rings (SSSR count). The highest BCUT2D eigenvalue weighted by molar-refractivity contribution is 5.76. The largest absolute Gasteiger partial charge is 0.481 e. The standard InChI is InChI=1S/C23H24N2O4/c26-21(25-19(14-15-23(27)28)17-8-3-1-4-9-17)12-7-13-22-24-16-20(29-22)18-10-5-2-6-11-18/h1-6,8-11,16,19H,7,12-15H2,(H,25,26)(H,27,28). The second-order valence-corrected chi connectivity index (χ2v) is 6.80. The van der Waals surface area contributed by atoms with Crippen LogP contribution in [-0.2, 0) is 16.0 Å². The minimum absolute atomic E-state index is 0.00157. The van der Waals surface area contributed by atoms with Crippen LogP contribution in [0.2, 0.25) is 0 Å². The van der Waals surface area contributed by atoms with Crippen molar-refractivity contribution < 1.29 is 19.1 Å². The maximum atomic E-state index is 12.4. The van der Waals surface area contributed by atoms with Gasteiger partial charge in [0.1, 0.15) is 0 Å². The zero-order valence-electron chi connectivity index (χ0n) is 16.1. The van der Waals surface area contributed by atoms with E-state index in [4.69, 9.17) is 9.52 Å². The topological polar surface area (TPSA) is 92.4 Å². The molecule has 3 aromatic rings. The Labute approximate surface area is 169 Å². The first-order chi connectivity index (χ1) is 14.1. The Morgan fingerprint density at radius 1 is 1.00 bits per heavy atom. The summed E-state index contributed by atoms with van der Waals surface area (Å²) in [7, 11) is 0. The third kappa shape index (κ3) is 6.31. The normalized spacial score (nSPS) is 11.7. The number of hydrogen-bond donors (Lipinski definition) is 2. The van der Waals surface area contributed by atoms with Crippen molar-refractivity contribution in [3.05, 3.63) is 78.3 Å². The van der Waals surface area contributed by atoms with Crippen molar-refractivity contribution in [3.8, 4) is 11.3 Å². The molecule has 6 heteroatoms. The molecule has 150 valence electrons. The Kier molecular flexibility index (Phi) is 7.16. The van der Waals surface area contributed by atoms with E-state index < -0.39 is 5.97 Å². The monoisotopic (exact) mass is 392 g/mol. The van der Waals surface area contributed by atoms with Crippen molar-refractivity contribution in [1.82, 2.24) is 10.3 Å². The van der Waals surface area contributed by atoms with E-state index in [2.05, 4.69) is 10.3 Å². The number of amides is 1. The van der Waals surface area contributed by atoms with E-state index >= 15 is 0 Å². The molecule has 0 radical (unpaired) electrons. The number of hydrogen-bond acceptors (Lipinski definition) is 4. The van der Waals surface area contributed by atoms with Crippen molar-refractivity contribution in [1.29, 1.82) is 0 Å². The van der Waals surface area contributed by atoms with E-state index in [9.17, 15) is 9.59 Å². The Hall–Kier alpha value is -3.41. The molecular weight excluding hydrogens is 368 g/mol. The van der Waals surface area contributed by atoms with Gasteiger partial charge in [-0.1, -0.05) is 60.7 Å². The Morgan fingerprint density at radius 3 is 2.38 bits per heavy atom. The molecule has 0 aliphatic rings. The fourth-order valence-corrected chi connectivity index (χ4v) is 3.10. The van der Waals surface area contributed by atoms with E-state index in [1.165, 1.54) is 0 Å². The number of rotatable bonds is 10. The molecule has 1 atom stereocenters. The average molecular weight is 392 g/mol. The van der Waals surface area contributed by atoms with Crippen molar-refractivity contribution in [3.63, 3.8) is 0 Å². The summed E-state index contributed by atoms with van der Waals surface area (Å²) in [6.07, 6.45) is 3.53. The Morgan fingerprint density at radius 2 is 1.69 bits per heavy atom. The van der Waals surface area contributed by atoms with Gasteiger partial charge in [-0.3, -0.25) is 9.59 Å². The molecule has 0 spiro atoms. The highest BCUT2D eigenvalue weighted by Crippen LogP contribution is 2.21. The van der Waals surface area contributed by atoms with E-state index in [1.54, 1.807) is 6.20 Å². The summed E-state index contributed by atoms with van der Waals surface area (Å²) < 4.78 is 5.76. The summed E-state index contributed by atoms with van der Waals surface area (Å²) in [4.78, 5) is 27.6. The van der Waals surface area contributed by atoms with Crippen LogP contribution in [0.3, 0.4) is 0 Å². The van der Waals surface area contributed by atoms with Gasteiger partial charge >= 0.3 is 5.97 Å². The highest BCUT2D eigenvalue weighted by atomic mass is 16.4. The number of aryl methyl sites for hydroxylation is 1. The van der Waals surface area contributed by atoms with Crippen LogP contribution in [0.1, 0.15) is 43.2 Å². The van der Waals surface area contributed by atoms with E-state index in [0.717, 1.165) is 11.1 Å². The van der Waals surface area contributed by atoms with Crippen molar-refractivity contribution in [2.45, 2.75) is 38.1 Å². The van der Waals surface area contributed by atoms with Crippen LogP contribution >= 0.6 is 0 Å². The molecule has 6 nitrogen and oxygen atoms in total. The fourth-order valence-electron chi connectivity index (χ4n) is 3.10. The lowest BCUT2D eigenvalue weighted by molar-refractivity contribution is -0.137. The van der Waals surface area contributed by atoms with Crippen LogP contribution in [0.15, 0.2) is 71.3 Å². The summed E-state index contributed by atoms with van der Waals surface area (Å²) in [5.74, 6) is 0.322. The summed E-state index contributed by atoms with van der Waals surface area (Å²) in [6.45, 7) is 0. The number of nitrogens with one attached hydrogen (secondary N) is 1. The molecule has 29 heavy (non-hydrogen) atoms. The molecule has 0 aliphatic carbocycles. The molecule has 0 fully saturated rings. The molecule has 0 bridgehead atoms. The molecule has 0 saturated heterocycles. The van der Waals surface area contributed by atoms with Gasteiger partial charge < -0.3 is 14.8 Å². The predicted molar refractivity (Wildman–Crippen MR) is 109 cm³/mol. The molecule has 0 saturated carbocycles. The minimum Gasteiger partial charge on any atom is -0.481 e. The first-order valence-corrected chi connectivity index (χ1v) is 9.68. The number of carbonyl (C=O) groups is 2. The number of aromatic nitrogens is 1. The third-order valence-corrected chi connectivity index (χ3v) is 4.59. The van der Waals surface area contributed by atoms with Crippen LogP contribution in [0.25, 0.3) is 11.3 Å². The lowest BCUT2D eigenvalue weighted by Crippen LogP contribution is -2.28. The average Bonchev–Trinajstić information content (AvgIpc) is 3.21. The highest BCUT2D eigenvalue weighted by Gasteiger charge is 2.16. The molecule has 1 amide bonds. The molecule has 0 aliphatic heterocycles. The van der Waals surface area contributed by atoms with Crippen LogP contribution in [0.5, 0.6) is 0 Å². The van der Waals surface area contributed by atoms with Crippen molar-refractivity contribution in [2.75, 3.05) is 0 Å². The molecule has 1 unspecified atom stereocenters. The maximum Gasteiger partial charge on any atom is 0.303 e. The smallest absolute Gasteiger partial charge is 0.303 e. The quantitative estimate of drug-likeness (QED) is 0.534. The van der Waals surface area contributed by atoms with E-state index in [-0.39, 0.29) is 18.4 Å². The summed E-state index contributed by atoms with van der Waals surface area (Å²) in [5.41, 5.74) is 1.87. The van der Waals surface area contributed by atoms with Gasteiger partial charge in [-0.2, -0.15) is 0 Å². The second kappa shape index (κ2) is 10.2. The summed E-state index contributed by atoms with van der Waals surface area (Å²) in [6, 6.07) is 18.9. The van der Waals surface area contributed by atoms with Gasteiger partial charge in [0.15, 0.2) is 11.7 Å². The lowest BCUT2D eigenvalue weighted by atomic mass is 10.0. The zero-order valence-corrected chi connectivity index (χ0v) is 16.1. The minimum atomic E-state index is -0.877. The number of nitrogens with zero attached hydrogens (tertiary/aromatic N) is 1.